The summed E-state index contributed by atoms with van der Waals surface area (Å²) in [6, 6.07) is 14.6. The number of rotatable bonds is 1. The van der Waals surface area contributed by atoms with Crippen LogP contribution < -0.4 is 0 Å². The number of fused-ring (bicyclic) bond motifs is 1. The van der Waals surface area contributed by atoms with Gasteiger partial charge in [-0.1, -0.05) is 55.1 Å². The van der Waals surface area contributed by atoms with Crippen LogP contribution in [0.5, 0.6) is 0 Å². The second-order valence-corrected chi connectivity index (χ2v) is 2.77. The first kappa shape index (κ1) is 20.7. The summed E-state index contributed by atoms with van der Waals surface area (Å²) in [5, 5.41) is 2.55. The van der Waals surface area contributed by atoms with Crippen LogP contribution in [-0.4, -0.2) is 154 Å². The van der Waals surface area contributed by atoms with Crippen molar-refractivity contribution in [2.45, 2.75) is 0 Å². The SMILES string of the molecule is C=Cc1cccc2ccccc12.[KH].[KH].[KH]. The van der Waals surface area contributed by atoms with Crippen LogP contribution in [0.1, 0.15) is 5.56 Å². The molecule has 0 fully saturated rings. The van der Waals surface area contributed by atoms with Crippen LogP contribution in [0, 0.1) is 0 Å². The van der Waals surface area contributed by atoms with E-state index in [1.165, 1.54) is 16.3 Å². The topological polar surface area (TPSA) is 0 Å². The summed E-state index contributed by atoms with van der Waals surface area (Å²) in [5.74, 6) is 0. The molecule has 0 amide bonds. The Balaban J connectivity index is 0. The monoisotopic (exact) mass is 274 g/mol. The second-order valence-electron chi connectivity index (χ2n) is 2.77. The molecule has 64 valence electrons. The third kappa shape index (κ3) is 5.89. The van der Waals surface area contributed by atoms with Gasteiger partial charge in [-0.2, -0.15) is 0 Å². The Hall–Kier alpha value is 3.35. The van der Waals surface area contributed by atoms with E-state index in [1.807, 2.05) is 6.08 Å². The first-order valence-corrected chi connectivity index (χ1v) is 4.02. The van der Waals surface area contributed by atoms with Crippen LogP contribution in [0.4, 0.5) is 0 Å². The summed E-state index contributed by atoms with van der Waals surface area (Å²) >= 11 is 0. The molecule has 0 aliphatic rings. The molecule has 0 N–H and O–H groups in total. The first-order chi connectivity index (χ1) is 5.92. The Morgan fingerprint density at radius 1 is 0.800 bits per heavy atom. The maximum atomic E-state index is 3.78. The summed E-state index contributed by atoms with van der Waals surface area (Å²) in [6.07, 6.45) is 1.89. The molecule has 3 heteroatoms. The molecule has 0 heterocycles. The van der Waals surface area contributed by atoms with Gasteiger partial charge in [0.05, 0.1) is 0 Å². The van der Waals surface area contributed by atoms with E-state index in [0.717, 1.165) is 0 Å². The van der Waals surface area contributed by atoms with Crippen LogP contribution in [0.25, 0.3) is 16.8 Å². The molecular formula is C12H13K3. The van der Waals surface area contributed by atoms with Crippen LogP contribution >= 0.6 is 0 Å². The molecule has 0 atom stereocenters. The van der Waals surface area contributed by atoms with Crippen LogP contribution in [0.3, 0.4) is 0 Å². The Bertz CT molecular complexity index is 419. The summed E-state index contributed by atoms with van der Waals surface area (Å²) in [6.45, 7) is 3.78. The van der Waals surface area contributed by atoms with Crippen molar-refractivity contribution in [3.8, 4) is 0 Å². The molecule has 2 rings (SSSR count). The molecule has 0 spiro atoms. The van der Waals surface area contributed by atoms with Gasteiger partial charge in [-0.3, -0.25) is 0 Å². The van der Waals surface area contributed by atoms with Crippen molar-refractivity contribution in [2.75, 3.05) is 0 Å². The van der Waals surface area contributed by atoms with Gasteiger partial charge < -0.3 is 0 Å². The molecule has 15 heavy (non-hydrogen) atoms. The van der Waals surface area contributed by atoms with Crippen molar-refractivity contribution >= 4 is 171 Å². The van der Waals surface area contributed by atoms with E-state index in [2.05, 4.69) is 49.0 Å². The molecule has 0 unspecified atom stereocenters. The molecule has 2 aromatic rings. The van der Waals surface area contributed by atoms with Gasteiger partial charge in [0.25, 0.3) is 0 Å². The van der Waals surface area contributed by atoms with Gasteiger partial charge >= 0.3 is 154 Å². The Morgan fingerprint density at radius 2 is 1.40 bits per heavy atom. The number of hydrogen-bond donors (Lipinski definition) is 0. The van der Waals surface area contributed by atoms with E-state index in [-0.39, 0.29) is 154 Å². The van der Waals surface area contributed by atoms with Crippen molar-refractivity contribution in [2.24, 2.45) is 0 Å². The van der Waals surface area contributed by atoms with Crippen molar-refractivity contribution in [1.29, 1.82) is 0 Å². The van der Waals surface area contributed by atoms with Gasteiger partial charge in [-0.25, -0.2) is 0 Å². The van der Waals surface area contributed by atoms with E-state index in [9.17, 15) is 0 Å². The molecule has 0 aliphatic heterocycles. The van der Waals surface area contributed by atoms with Crippen LogP contribution in [0.15, 0.2) is 49.0 Å². The third-order valence-corrected chi connectivity index (χ3v) is 2.04. The van der Waals surface area contributed by atoms with Gasteiger partial charge in [0.15, 0.2) is 0 Å². The normalized spacial score (nSPS) is 8.00. The van der Waals surface area contributed by atoms with E-state index in [0.29, 0.717) is 0 Å². The zero-order valence-corrected chi connectivity index (χ0v) is 6.83. The van der Waals surface area contributed by atoms with Crippen LogP contribution in [0.2, 0.25) is 0 Å². The minimum absolute atomic E-state index is 0. The van der Waals surface area contributed by atoms with Crippen molar-refractivity contribution in [3.63, 3.8) is 0 Å². The van der Waals surface area contributed by atoms with Gasteiger partial charge in [0, 0.05) is 0 Å². The predicted octanol–water partition coefficient (Wildman–Crippen LogP) is 1.54. The molecule has 0 aromatic heterocycles. The maximum absolute atomic E-state index is 3.78. The summed E-state index contributed by atoms with van der Waals surface area (Å²) in [4.78, 5) is 0. The summed E-state index contributed by atoms with van der Waals surface area (Å²) in [5.41, 5.74) is 1.20. The Labute approximate surface area is 219 Å². The first-order valence-electron chi connectivity index (χ1n) is 4.02. The summed E-state index contributed by atoms with van der Waals surface area (Å²) in [7, 11) is 0. The molecule has 0 bridgehead atoms. The fourth-order valence-electron chi connectivity index (χ4n) is 1.43. The van der Waals surface area contributed by atoms with Gasteiger partial charge in [-0.15, -0.1) is 0 Å². The molecule has 2 aromatic carbocycles. The average molecular weight is 275 g/mol. The fraction of sp³-hybridized carbons (Fsp3) is 0. The van der Waals surface area contributed by atoms with Gasteiger partial charge in [0.1, 0.15) is 0 Å². The fourth-order valence-corrected chi connectivity index (χ4v) is 1.43. The average Bonchev–Trinajstić information content (AvgIpc) is 2.17. The molecule has 0 radical (unpaired) electrons. The minimum atomic E-state index is 0. The standard InChI is InChI=1S/C12H10.3K.3H/c1-2-10-7-5-8-11-6-3-4-9-12(10)11;;;;;;/h2-9H,1H2;;;;;;. The number of benzene rings is 2. The van der Waals surface area contributed by atoms with Gasteiger partial charge in [0.2, 0.25) is 0 Å². The Kier molecular flexibility index (Phi) is 15.4. The molecule has 0 nitrogen and oxygen atoms in total. The molecular weight excluding hydrogens is 261 g/mol. The quantitative estimate of drug-likeness (QED) is 0.692. The zero-order chi connectivity index (χ0) is 8.39. The van der Waals surface area contributed by atoms with E-state index >= 15 is 0 Å². The predicted molar refractivity (Wildman–Crippen MR) is 75.5 cm³/mol. The molecule has 0 saturated carbocycles. The van der Waals surface area contributed by atoms with E-state index < -0.39 is 0 Å². The van der Waals surface area contributed by atoms with E-state index in [4.69, 9.17) is 0 Å². The molecule has 0 saturated heterocycles. The van der Waals surface area contributed by atoms with Crippen molar-refractivity contribution < 1.29 is 0 Å². The van der Waals surface area contributed by atoms with Crippen LogP contribution in [-0.2, 0) is 0 Å². The molecule has 0 aliphatic carbocycles. The third-order valence-electron chi connectivity index (χ3n) is 2.04. The van der Waals surface area contributed by atoms with Crippen molar-refractivity contribution in [1.82, 2.24) is 0 Å². The Morgan fingerprint density at radius 3 is 2.07 bits per heavy atom. The zero-order valence-electron chi connectivity index (χ0n) is 6.83. The summed E-state index contributed by atoms with van der Waals surface area (Å²) < 4.78 is 0. The number of hydrogen-bond acceptors (Lipinski definition) is 0. The van der Waals surface area contributed by atoms with Crippen molar-refractivity contribution in [3.05, 3.63) is 54.6 Å². The van der Waals surface area contributed by atoms with Gasteiger partial charge in [-0.05, 0) is 16.3 Å². The van der Waals surface area contributed by atoms with E-state index in [1.54, 1.807) is 0 Å². The second kappa shape index (κ2) is 11.2.